The number of rotatable bonds is 5. The fourth-order valence-electron chi connectivity index (χ4n) is 1.62. The van der Waals surface area contributed by atoms with Crippen LogP contribution in [-0.4, -0.2) is 29.6 Å². The molecule has 19 heavy (non-hydrogen) atoms. The average molecular weight is 264 g/mol. The number of aliphatic hydroxyl groups is 1. The van der Waals surface area contributed by atoms with Crippen molar-refractivity contribution in [3.05, 3.63) is 29.8 Å². The van der Waals surface area contributed by atoms with Crippen molar-refractivity contribution in [3.8, 4) is 0 Å². The second-order valence-electron chi connectivity index (χ2n) is 4.77. The molecule has 0 aromatic heterocycles. The fourth-order valence-corrected chi connectivity index (χ4v) is 1.62. The van der Waals surface area contributed by atoms with Crippen LogP contribution in [0.3, 0.4) is 0 Å². The third-order valence-electron chi connectivity index (χ3n) is 2.76. The van der Waals surface area contributed by atoms with Crippen LogP contribution >= 0.6 is 0 Å². The van der Waals surface area contributed by atoms with Crippen molar-refractivity contribution in [2.45, 2.75) is 26.8 Å². The first-order valence-corrected chi connectivity index (χ1v) is 6.23. The van der Waals surface area contributed by atoms with Gasteiger partial charge >= 0.3 is 0 Å². The highest BCUT2D eigenvalue weighted by Gasteiger charge is 2.16. The van der Waals surface area contributed by atoms with Crippen LogP contribution in [0.4, 0.5) is 5.69 Å². The van der Waals surface area contributed by atoms with E-state index in [4.69, 9.17) is 0 Å². The lowest BCUT2D eigenvalue weighted by Crippen LogP contribution is -2.41. The summed E-state index contributed by atoms with van der Waals surface area (Å²) < 4.78 is 0. The van der Waals surface area contributed by atoms with Gasteiger partial charge in [-0.05, 0) is 24.1 Å². The molecule has 0 bridgehead atoms. The zero-order chi connectivity index (χ0) is 14.4. The van der Waals surface area contributed by atoms with E-state index >= 15 is 0 Å². The second-order valence-corrected chi connectivity index (χ2v) is 4.77. The largest absolute Gasteiger partial charge is 0.394 e. The van der Waals surface area contributed by atoms with E-state index in [1.165, 1.54) is 6.92 Å². The molecule has 0 spiro atoms. The van der Waals surface area contributed by atoms with Gasteiger partial charge in [0.25, 0.3) is 5.91 Å². The van der Waals surface area contributed by atoms with E-state index in [9.17, 15) is 14.7 Å². The summed E-state index contributed by atoms with van der Waals surface area (Å²) in [6.07, 6.45) is 0. The maximum Gasteiger partial charge on any atom is 0.251 e. The molecule has 1 aromatic carbocycles. The summed E-state index contributed by atoms with van der Waals surface area (Å²) in [7, 11) is 0. The molecule has 1 aromatic rings. The van der Waals surface area contributed by atoms with Crippen LogP contribution in [0, 0.1) is 5.92 Å². The van der Waals surface area contributed by atoms with Gasteiger partial charge in [0, 0.05) is 18.2 Å². The molecule has 0 saturated carbocycles. The minimum absolute atomic E-state index is 0.102. The topological polar surface area (TPSA) is 78.4 Å². The standard InChI is InChI=1S/C14H20N2O3/c1-9(2)13(8-17)16-14(19)11-5-4-6-12(7-11)15-10(3)18/h4-7,9,13,17H,8H2,1-3H3,(H,15,18)(H,16,19). The number of aliphatic hydroxyl groups excluding tert-OH is 1. The number of amides is 2. The van der Waals surface area contributed by atoms with Crippen LogP contribution in [0.1, 0.15) is 31.1 Å². The van der Waals surface area contributed by atoms with Crippen molar-refractivity contribution in [1.29, 1.82) is 0 Å². The number of hydrogen-bond acceptors (Lipinski definition) is 3. The lowest BCUT2D eigenvalue weighted by atomic mass is 10.0. The molecule has 0 radical (unpaired) electrons. The summed E-state index contributed by atoms with van der Waals surface area (Å²) in [5.74, 6) is -0.305. The molecule has 3 N–H and O–H groups in total. The van der Waals surface area contributed by atoms with E-state index in [-0.39, 0.29) is 30.4 Å². The number of hydrogen-bond donors (Lipinski definition) is 3. The van der Waals surface area contributed by atoms with Crippen LogP contribution in [0.5, 0.6) is 0 Å². The highest BCUT2D eigenvalue weighted by Crippen LogP contribution is 2.11. The smallest absolute Gasteiger partial charge is 0.251 e. The number of carbonyl (C=O) groups excluding carboxylic acids is 2. The Bertz CT molecular complexity index is 458. The Morgan fingerprint density at radius 1 is 1.32 bits per heavy atom. The van der Waals surface area contributed by atoms with Crippen molar-refractivity contribution >= 4 is 17.5 Å². The zero-order valence-corrected chi connectivity index (χ0v) is 11.4. The van der Waals surface area contributed by atoms with Crippen molar-refractivity contribution in [2.75, 3.05) is 11.9 Å². The van der Waals surface area contributed by atoms with Crippen LogP contribution < -0.4 is 10.6 Å². The lowest BCUT2D eigenvalue weighted by Gasteiger charge is -2.20. The monoisotopic (exact) mass is 264 g/mol. The summed E-state index contributed by atoms with van der Waals surface area (Å²) >= 11 is 0. The highest BCUT2D eigenvalue weighted by atomic mass is 16.3. The molecule has 1 unspecified atom stereocenters. The van der Waals surface area contributed by atoms with Gasteiger partial charge in [-0.1, -0.05) is 19.9 Å². The molecular formula is C14H20N2O3. The van der Waals surface area contributed by atoms with Crippen LogP contribution in [0.15, 0.2) is 24.3 Å². The van der Waals surface area contributed by atoms with Gasteiger partial charge in [-0.3, -0.25) is 9.59 Å². The SMILES string of the molecule is CC(=O)Nc1cccc(C(=O)NC(CO)C(C)C)c1. The van der Waals surface area contributed by atoms with E-state index in [0.29, 0.717) is 11.3 Å². The van der Waals surface area contributed by atoms with Gasteiger partial charge in [-0.25, -0.2) is 0 Å². The Kier molecular flexibility index (Phi) is 5.51. The zero-order valence-electron chi connectivity index (χ0n) is 11.4. The van der Waals surface area contributed by atoms with Crippen molar-refractivity contribution in [2.24, 2.45) is 5.92 Å². The van der Waals surface area contributed by atoms with Gasteiger partial charge in [0.1, 0.15) is 0 Å². The van der Waals surface area contributed by atoms with Crippen molar-refractivity contribution in [3.63, 3.8) is 0 Å². The summed E-state index contributed by atoms with van der Waals surface area (Å²) in [6, 6.07) is 6.39. The van der Waals surface area contributed by atoms with E-state index in [1.54, 1.807) is 24.3 Å². The molecule has 104 valence electrons. The molecule has 0 saturated heterocycles. The lowest BCUT2D eigenvalue weighted by molar-refractivity contribution is -0.114. The molecule has 0 aliphatic rings. The maximum absolute atomic E-state index is 12.0. The first-order chi connectivity index (χ1) is 8.93. The Labute approximate surface area is 113 Å². The number of benzene rings is 1. The maximum atomic E-state index is 12.0. The molecule has 0 aliphatic heterocycles. The molecular weight excluding hydrogens is 244 g/mol. The van der Waals surface area contributed by atoms with E-state index < -0.39 is 0 Å². The van der Waals surface area contributed by atoms with E-state index in [1.807, 2.05) is 13.8 Å². The number of nitrogens with one attached hydrogen (secondary N) is 2. The summed E-state index contributed by atoms with van der Waals surface area (Å²) in [5, 5.41) is 14.6. The second kappa shape index (κ2) is 6.89. The van der Waals surface area contributed by atoms with Gasteiger partial charge in [0.2, 0.25) is 5.91 Å². The van der Waals surface area contributed by atoms with Gasteiger partial charge in [0.15, 0.2) is 0 Å². The molecule has 0 fully saturated rings. The van der Waals surface area contributed by atoms with E-state index in [2.05, 4.69) is 10.6 Å². The van der Waals surface area contributed by atoms with Crippen LogP contribution in [0.2, 0.25) is 0 Å². The predicted octanol–water partition coefficient (Wildman–Crippen LogP) is 1.39. The van der Waals surface area contributed by atoms with Gasteiger partial charge in [-0.2, -0.15) is 0 Å². The molecule has 5 heteroatoms. The Morgan fingerprint density at radius 3 is 2.53 bits per heavy atom. The van der Waals surface area contributed by atoms with Crippen molar-refractivity contribution in [1.82, 2.24) is 5.32 Å². The van der Waals surface area contributed by atoms with Crippen LogP contribution in [-0.2, 0) is 4.79 Å². The number of carbonyl (C=O) groups is 2. The predicted molar refractivity (Wildman–Crippen MR) is 73.9 cm³/mol. The Balaban J connectivity index is 2.79. The third-order valence-corrected chi connectivity index (χ3v) is 2.76. The van der Waals surface area contributed by atoms with E-state index in [0.717, 1.165) is 0 Å². The molecule has 2 amide bonds. The first kappa shape index (κ1) is 15.2. The van der Waals surface area contributed by atoms with Gasteiger partial charge in [-0.15, -0.1) is 0 Å². The molecule has 1 rings (SSSR count). The molecule has 1 atom stereocenters. The Hall–Kier alpha value is -1.88. The number of anilines is 1. The molecule has 0 aliphatic carbocycles. The minimum atomic E-state index is -0.281. The minimum Gasteiger partial charge on any atom is -0.394 e. The third kappa shape index (κ3) is 4.71. The van der Waals surface area contributed by atoms with Crippen molar-refractivity contribution < 1.29 is 14.7 Å². The molecule has 0 heterocycles. The Morgan fingerprint density at radius 2 is 2.00 bits per heavy atom. The fraction of sp³-hybridized carbons (Fsp3) is 0.429. The van der Waals surface area contributed by atoms with Crippen LogP contribution in [0.25, 0.3) is 0 Å². The summed E-state index contributed by atoms with van der Waals surface area (Å²) in [6.45, 7) is 5.16. The van der Waals surface area contributed by atoms with Gasteiger partial charge in [0.05, 0.1) is 12.6 Å². The summed E-state index contributed by atoms with van der Waals surface area (Å²) in [5.41, 5.74) is 1.02. The quantitative estimate of drug-likeness (QED) is 0.752. The van der Waals surface area contributed by atoms with Gasteiger partial charge < -0.3 is 15.7 Å². The normalized spacial score (nSPS) is 12.1. The molecule has 5 nitrogen and oxygen atoms in total. The highest BCUT2D eigenvalue weighted by molar-refractivity contribution is 5.96. The summed E-state index contributed by atoms with van der Waals surface area (Å²) in [4.78, 5) is 23.0. The average Bonchev–Trinajstić information content (AvgIpc) is 2.34. The first-order valence-electron chi connectivity index (χ1n) is 6.23.